The molecule has 2 rings (SSSR count). The molecule has 20 heavy (non-hydrogen) atoms. The van der Waals surface area contributed by atoms with Crippen LogP contribution in [-0.4, -0.2) is 25.1 Å². The predicted octanol–water partition coefficient (Wildman–Crippen LogP) is 3.47. The van der Waals surface area contributed by atoms with Crippen molar-refractivity contribution in [2.75, 3.05) is 13.1 Å². The van der Waals surface area contributed by atoms with E-state index in [1.807, 2.05) is 13.0 Å². The molecule has 1 aromatic rings. The van der Waals surface area contributed by atoms with E-state index in [2.05, 4.69) is 31.6 Å². The lowest BCUT2D eigenvalue weighted by Crippen LogP contribution is -2.38. The van der Waals surface area contributed by atoms with Gasteiger partial charge in [0.05, 0.1) is 0 Å². The third kappa shape index (κ3) is 5.95. The van der Waals surface area contributed by atoms with Gasteiger partial charge in [-0.05, 0) is 49.9 Å². The zero-order chi connectivity index (χ0) is 13.7. The molecule has 0 spiro atoms. The first-order valence-corrected chi connectivity index (χ1v) is 7.47. The summed E-state index contributed by atoms with van der Waals surface area (Å²) in [5, 5.41) is 6.54. The Hall–Kier alpha value is -0.370. The van der Waals surface area contributed by atoms with Gasteiger partial charge in [-0.2, -0.15) is 0 Å². The molecular weight excluding hydrogens is 436 g/mol. The minimum Gasteiger partial charge on any atom is -0.357 e. The topological polar surface area (TPSA) is 36.4 Å². The van der Waals surface area contributed by atoms with Crippen LogP contribution >= 0.6 is 39.9 Å². The fourth-order valence-electron chi connectivity index (χ4n) is 1.76. The molecule has 3 nitrogen and oxygen atoms in total. The molecule has 1 aliphatic carbocycles. The second kappa shape index (κ2) is 8.81. The van der Waals surface area contributed by atoms with E-state index in [4.69, 9.17) is 0 Å². The lowest BCUT2D eigenvalue weighted by atomic mass is 10.1. The fourth-order valence-corrected chi connectivity index (χ4v) is 2.17. The first kappa shape index (κ1) is 17.7. The van der Waals surface area contributed by atoms with Gasteiger partial charge in [-0.3, -0.25) is 4.99 Å². The number of aliphatic imine (C=N–C) groups is 1. The molecule has 0 aromatic heterocycles. The van der Waals surface area contributed by atoms with Crippen LogP contribution in [0.4, 0.5) is 4.39 Å². The second-order valence-corrected chi connectivity index (χ2v) is 5.58. The monoisotopic (exact) mass is 455 g/mol. The number of hydrogen-bond donors (Lipinski definition) is 2. The normalized spacial score (nSPS) is 14.7. The zero-order valence-electron chi connectivity index (χ0n) is 11.5. The Bertz CT molecular complexity index is 464. The predicted molar refractivity (Wildman–Crippen MR) is 95.4 cm³/mol. The summed E-state index contributed by atoms with van der Waals surface area (Å²) in [7, 11) is 0. The van der Waals surface area contributed by atoms with Crippen molar-refractivity contribution in [2.24, 2.45) is 4.99 Å². The highest BCUT2D eigenvalue weighted by Crippen LogP contribution is 2.18. The number of nitrogens with one attached hydrogen (secondary N) is 2. The van der Waals surface area contributed by atoms with E-state index in [0.717, 1.165) is 17.0 Å². The van der Waals surface area contributed by atoms with Gasteiger partial charge >= 0.3 is 0 Å². The van der Waals surface area contributed by atoms with Gasteiger partial charge in [0.25, 0.3) is 0 Å². The van der Waals surface area contributed by atoms with Crippen LogP contribution in [0.5, 0.6) is 0 Å². The summed E-state index contributed by atoms with van der Waals surface area (Å²) < 4.78 is 14.5. The van der Waals surface area contributed by atoms with Crippen LogP contribution in [0.2, 0.25) is 0 Å². The minimum absolute atomic E-state index is 0. The molecule has 0 atom stereocenters. The highest BCUT2D eigenvalue weighted by atomic mass is 127. The number of rotatable bonds is 5. The lowest BCUT2D eigenvalue weighted by Gasteiger charge is -2.10. The molecule has 0 unspecified atom stereocenters. The van der Waals surface area contributed by atoms with Gasteiger partial charge in [-0.1, -0.05) is 15.9 Å². The van der Waals surface area contributed by atoms with E-state index in [-0.39, 0.29) is 29.8 Å². The van der Waals surface area contributed by atoms with Crippen LogP contribution in [0.1, 0.15) is 25.3 Å². The van der Waals surface area contributed by atoms with E-state index >= 15 is 0 Å². The lowest BCUT2D eigenvalue weighted by molar-refractivity contribution is 0.609. The molecule has 1 saturated carbocycles. The van der Waals surface area contributed by atoms with E-state index < -0.39 is 0 Å². The van der Waals surface area contributed by atoms with Crippen molar-refractivity contribution in [1.82, 2.24) is 10.6 Å². The van der Waals surface area contributed by atoms with Crippen molar-refractivity contribution < 1.29 is 4.39 Å². The molecule has 1 aromatic carbocycles. The maximum atomic E-state index is 13.6. The SMILES string of the molecule is CCNC(=NCCc1cc(Br)ccc1F)NC1CC1.I. The van der Waals surface area contributed by atoms with E-state index in [9.17, 15) is 4.39 Å². The highest BCUT2D eigenvalue weighted by molar-refractivity contribution is 14.0. The van der Waals surface area contributed by atoms with Crippen molar-refractivity contribution in [3.8, 4) is 0 Å². The Labute approximate surface area is 145 Å². The number of hydrogen-bond acceptors (Lipinski definition) is 1. The number of halogens is 3. The molecular formula is C14H20BrFIN3. The fraction of sp³-hybridized carbons (Fsp3) is 0.500. The first-order chi connectivity index (χ1) is 9.19. The van der Waals surface area contributed by atoms with Crippen LogP contribution in [0.25, 0.3) is 0 Å². The average Bonchev–Trinajstić information content (AvgIpc) is 3.18. The zero-order valence-corrected chi connectivity index (χ0v) is 15.4. The van der Waals surface area contributed by atoms with Crippen LogP contribution in [0.3, 0.4) is 0 Å². The third-order valence-corrected chi connectivity index (χ3v) is 3.41. The molecule has 112 valence electrons. The summed E-state index contributed by atoms with van der Waals surface area (Å²) in [5.41, 5.74) is 0.695. The summed E-state index contributed by atoms with van der Waals surface area (Å²) >= 11 is 3.36. The maximum absolute atomic E-state index is 13.6. The van der Waals surface area contributed by atoms with Crippen molar-refractivity contribution in [1.29, 1.82) is 0 Å². The maximum Gasteiger partial charge on any atom is 0.191 e. The van der Waals surface area contributed by atoms with Crippen molar-refractivity contribution in [3.05, 3.63) is 34.1 Å². The van der Waals surface area contributed by atoms with Crippen LogP contribution in [0.15, 0.2) is 27.7 Å². The summed E-state index contributed by atoms with van der Waals surface area (Å²) in [6.45, 7) is 3.46. The van der Waals surface area contributed by atoms with Crippen LogP contribution < -0.4 is 10.6 Å². The minimum atomic E-state index is -0.168. The third-order valence-electron chi connectivity index (χ3n) is 2.92. The van der Waals surface area contributed by atoms with Crippen molar-refractivity contribution in [3.63, 3.8) is 0 Å². The summed E-state index contributed by atoms with van der Waals surface area (Å²) in [5.74, 6) is 0.666. The van der Waals surface area contributed by atoms with Gasteiger partial charge in [0.15, 0.2) is 5.96 Å². The molecule has 0 radical (unpaired) electrons. The quantitative estimate of drug-likeness (QED) is 0.405. The molecule has 1 aliphatic rings. The van der Waals surface area contributed by atoms with Gasteiger partial charge in [0, 0.05) is 23.6 Å². The van der Waals surface area contributed by atoms with Gasteiger partial charge in [0.2, 0.25) is 0 Å². The Balaban J connectivity index is 0.00000200. The molecule has 2 N–H and O–H groups in total. The molecule has 1 fully saturated rings. The molecule has 0 bridgehead atoms. The first-order valence-electron chi connectivity index (χ1n) is 6.68. The summed E-state index contributed by atoms with van der Waals surface area (Å²) in [6, 6.07) is 5.57. The van der Waals surface area contributed by atoms with Crippen molar-refractivity contribution >= 4 is 45.9 Å². The number of nitrogens with zero attached hydrogens (tertiary/aromatic N) is 1. The van der Waals surface area contributed by atoms with E-state index in [1.54, 1.807) is 6.07 Å². The molecule has 0 heterocycles. The molecule has 0 saturated heterocycles. The number of benzene rings is 1. The Morgan fingerprint density at radius 3 is 2.85 bits per heavy atom. The molecule has 6 heteroatoms. The van der Waals surface area contributed by atoms with E-state index in [1.165, 1.54) is 18.9 Å². The highest BCUT2D eigenvalue weighted by Gasteiger charge is 2.21. The largest absolute Gasteiger partial charge is 0.357 e. The Morgan fingerprint density at radius 1 is 1.45 bits per heavy atom. The van der Waals surface area contributed by atoms with Gasteiger partial charge < -0.3 is 10.6 Å². The summed E-state index contributed by atoms with van der Waals surface area (Å²) in [6.07, 6.45) is 3.03. The Kier molecular flexibility index (Phi) is 7.79. The molecule has 0 amide bonds. The van der Waals surface area contributed by atoms with Crippen LogP contribution in [0, 0.1) is 5.82 Å². The number of guanidine groups is 1. The smallest absolute Gasteiger partial charge is 0.191 e. The van der Waals surface area contributed by atoms with E-state index in [0.29, 0.717) is 24.6 Å². The average molecular weight is 456 g/mol. The van der Waals surface area contributed by atoms with Crippen LogP contribution in [-0.2, 0) is 6.42 Å². The van der Waals surface area contributed by atoms with Gasteiger partial charge in [0.1, 0.15) is 5.82 Å². The standard InChI is InChI=1S/C14H19BrFN3.HI/c1-2-17-14(19-12-4-5-12)18-8-7-10-9-11(15)3-6-13(10)16;/h3,6,9,12H,2,4-5,7-8H2,1H3,(H2,17,18,19);1H. The van der Waals surface area contributed by atoms with Gasteiger partial charge in [-0.15, -0.1) is 24.0 Å². The van der Waals surface area contributed by atoms with Crippen molar-refractivity contribution in [2.45, 2.75) is 32.2 Å². The second-order valence-electron chi connectivity index (χ2n) is 4.67. The molecule has 0 aliphatic heterocycles. The summed E-state index contributed by atoms with van der Waals surface area (Å²) in [4.78, 5) is 4.47. The Morgan fingerprint density at radius 2 is 2.20 bits per heavy atom. The van der Waals surface area contributed by atoms with Gasteiger partial charge in [-0.25, -0.2) is 4.39 Å².